The number of nitrogens with zero attached hydrogens (tertiary/aromatic N) is 1. The lowest BCUT2D eigenvalue weighted by Gasteiger charge is -2.33. The quantitative estimate of drug-likeness (QED) is 0.801. The topological polar surface area (TPSA) is 32.3 Å². The molecule has 3 rings (SSSR count). The largest absolute Gasteiger partial charge is 0.338 e. The number of halogens is 4. The van der Waals surface area contributed by atoms with Crippen molar-refractivity contribution < 1.29 is 18.0 Å². The summed E-state index contributed by atoms with van der Waals surface area (Å²) in [5, 5.41) is 3.33. The predicted molar refractivity (Wildman–Crippen MR) is 78.6 cm³/mol. The Hall–Kier alpha value is -1.27. The highest BCUT2D eigenvalue weighted by atomic mass is 35.5. The Morgan fingerprint density at radius 2 is 1.86 bits per heavy atom. The van der Waals surface area contributed by atoms with Crippen LogP contribution in [-0.2, 0) is 0 Å². The van der Waals surface area contributed by atoms with E-state index in [4.69, 9.17) is 0 Å². The average molecular weight is 335 g/mol. The van der Waals surface area contributed by atoms with Gasteiger partial charge in [0.2, 0.25) is 0 Å². The molecule has 0 aromatic heterocycles. The van der Waals surface area contributed by atoms with Crippen LogP contribution >= 0.6 is 12.4 Å². The Morgan fingerprint density at radius 1 is 1.18 bits per heavy atom. The van der Waals surface area contributed by atoms with Crippen molar-refractivity contribution in [2.75, 3.05) is 26.2 Å². The summed E-state index contributed by atoms with van der Waals surface area (Å²) in [5.74, 6) is -4.63. The Balaban J connectivity index is 0.00000176. The van der Waals surface area contributed by atoms with Crippen molar-refractivity contribution in [1.82, 2.24) is 10.2 Å². The molecule has 7 heteroatoms. The molecule has 1 aromatic rings. The van der Waals surface area contributed by atoms with Gasteiger partial charge >= 0.3 is 0 Å². The van der Waals surface area contributed by atoms with Crippen molar-refractivity contribution in [3.63, 3.8) is 0 Å². The van der Waals surface area contributed by atoms with Gasteiger partial charge < -0.3 is 10.2 Å². The molecule has 1 unspecified atom stereocenters. The van der Waals surface area contributed by atoms with Gasteiger partial charge in [0.25, 0.3) is 5.91 Å². The summed E-state index contributed by atoms with van der Waals surface area (Å²) in [7, 11) is 0. The fourth-order valence-electron chi connectivity index (χ4n) is 3.35. The molecule has 122 valence electrons. The monoisotopic (exact) mass is 334 g/mol. The number of benzene rings is 1. The first-order valence-corrected chi connectivity index (χ1v) is 7.15. The van der Waals surface area contributed by atoms with E-state index in [0.717, 1.165) is 44.5 Å². The van der Waals surface area contributed by atoms with Crippen LogP contribution in [0.25, 0.3) is 0 Å². The van der Waals surface area contributed by atoms with Gasteiger partial charge in [0.05, 0.1) is 0 Å². The van der Waals surface area contributed by atoms with E-state index < -0.39 is 23.4 Å². The maximum atomic E-state index is 13.2. The molecule has 2 fully saturated rings. The van der Waals surface area contributed by atoms with Crippen LogP contribution in [0.2, 0.25) is 0 Å². The zero-order chi connectivity index (χ0) is 15.0. The summed E-state index contributed by atoms with van der Waals surface area (Å²) in [6.07, 6.45) is 3.01. The number of carbonyl (C=O) groups excluding carboxylic acids is 1. The first kappa shape index (κ1) is 17.1. The van der Waals surface area contributed by atoms with Crippen molar-refractivity contribution in [2.24, 2.45) is 5.41 Å². The molecule has 0 bridgehead atoms. The van der Waals surface area contributed by atoms with E-state index in [-0.39, 0.29) is 23.4 Å². The molecule has 1 amide bonds. The number of piperidine rings is 1. The summed E-state index contributed by atoms with van der Waals surface area (Å²) in [5.41, 5.74) is -0.0578. The Labute approximate surface area is 133 Å². The van der Waals surface area contributed by atoms with Crippen LogP contribution in [0.3, 0.4) is 0 Å². The number of hydrogen-bond donors (Lipinski definition) is 1. The third kappa shape index (κ3) is 3.08. The van der Waals surface area contributed by atoms with Crippen LogP contribution in [0, 0.1) is 22.9 Å². The third-order valence-corrected chi connectivity index (χ3v) is 4.52. The Kier molecular flexibility index (Phi) is 5.02. The normalized spacial score (nSPS) is 24.4. The Morgan fingerprint density at radius 3 is 2.45 bits per heavy atom. The minimum absolute atomic E-state index is 0. The van der Waals surface area contributed by atoms with E-state index in [1.165, 1.54) is 0 Å². The summed E-state index contributed by atoms with van der Waals surface area (Å²) in [4.78, 5) is 13.9. The second kappa shape index (κ2) is 6.46. The van der Waals surface area contributed by atoms with Gasteiger partial charge in [-0.05, 0) is 37.9 Å². The highest BCUT2D eigenvalue weighted by Crippen LogP contribution is 2.37. The molecule has 3 nitrogen and oxygen atoms in total. The summed E-state index contributed by atoms with van der Waals surface area (Å²) in [6.45, 7) is 3.01. The number of rotatable bonds is 1. The van der Waals surface area contributed by atoms with Crippen molar-refractivity contribution in [3.05, 3.63) is 35.1 Å². The fourth-order valence-corrected chi connectivity index (χ4v) is 3.35. The lowest BCUT2D eigenvalue weighted by atomic mass is 9.80. The van der Waals surface area contributed by atoms with Gasteiger partial charge in [0.15, 0.2) is 17.5 Å². The smallest absolute Gasteiger partial charge is 0.254 e. The number of likely N-dealkylation sites (tertiary alicyclic amines) is 1. The molecule has 2 aliphatic rings. The molecule has 1 atom stereocenters. The number of amides is 1. The predicted octanol–water partition coefficient (Wildman–Crippen LogP) is 2.74. The first-order chi connectivity index (χ1) is 10.0. The lowest BCUT2D eigenvalue weighted by Crippen LogP contribution is -2.42. The van der Waals surface area contributed by atoms with Crippen LogP contribution in [0.15, 0.2) is 12.1 Å². The van der Waals surface area contributed by atoms with E-state index >= 15 is 0 Å². The molecule has 2 saturated heterocycles. The molecule has 1 aromatic carbocycles. The average Bonchev–Trinajstić information content (AvgIpc) is 2.88. The highest BCUT2D eigenvalue weighted by molar-refractivity contribution is 5.94. The van der Waals surface area contributed by atoms with E-state index in [0.29, 0.717) is 13.1 Å². The molecule has 22 heavy (non-hydrogen) atoms. The molecule has 0 saturated carbocycles. The van der Waals surface area contributed by atoms with Crippen LogP contribution in [0.5, 0.6) is 0 Å². The minimum atomic E-state index is -1.54. The van der Waals surface area contributed by atoms with Gasteiger partial charge in [-0.3, -0.25) is 4.79 Å². The summed E-state index contributed by atoms with van der Waals surface area (Å²) in [6, 6.07) is 1.54. The molecule has 2 heterocycles. The van der Waals surface area contributed by atoms with E-state index in [9.17, 15) is 18.0 Å². The minimum Gasteiger partial charge on any atom is -0.338 e. The summed E-state index contributed by atoms with van der Waals surface area (Å²) < 4.78 is 39.4. The van der Waals surface area contributed by atoms with Gasteiger partial charge in [-0.15, -0.1) is 12.4 Å². The molecule has 1 N–H and O–H groups in total. The van der Waals surface area contributed by atoms with Crippen LogP contribution in [-0.4, -0.2) is 37.0 Å². The van der Waals surface area contributed by atoms with Crippen LogP contribution in [0.4, 0.5) is 13.2 Å². The van der Waals surface area contributed by atoms with Gasteiger partial charge in [-0.1, -0.05) is 0 Å². The Bertz CT molecular complexity index is 553. The van der Waals surface area contributed by atoms with E-state index in [1.54, 1.807) is 4.90 Å². The molecule has 2 aliphatic heterocycles. The van der Waals surface area contributed by atoms with Crippen molar-refractivity contribution in [3.8, 4) is 0 Å². The molecular formula is C15H18ClF3N2O. The number of hydrogen-bond acceptors (Lipinski definition) is 2. The maximum Gasteiger partial charge on any atom is 0.254 e. The highest BCUT2D eigenvalue weighted by Gasteiger charge is 2.40. The van der Waals surface area contributed by atoms with Gasteiger partial charge in [-0.2, -0.15) is 0 Å². The molecule has 0 radical (unpaired) electrons. The molecule has 1 spiro atoms. The van der Waals surface area contributed by atoms with Crippen LogP contribution < -0.4 is 5.32 Å². The lowest BCUT2D eigenvalue weighted by molar-refractivity contribution is 0.0763. The maximum absolute atomic E-state index is 13.2. The molecular weight excluding hydrogens is 317 g/mol. The molecule has 0 aliphatic carbocycles. The second-order valence-electron chi connectivity index (χ2n) is 6.01. The van der Waals surface area contributed by atoms with Gasteiger partial charge in [-0.25, -0.2) is 13.2 Å². The number of nitrogens with one attached hydrogen (secondary N) is 1. The SMILES string of the molecule is Cl.O=C(c1cc(F)c(F)c(F)c1)N1CCC2(CCCNC2)C1. The van der Waals surface area contributed by atoms with Crippen LogP contribution in [0.1, 0.15) is 29.6 Å². The zero-order valence-corrected chi connectivity index (χ0v) is 12.8. The van der Waals surface area contributed by atoms with E-state index in [2.05, 4.69) is 5.32 Å². The summed E-state index contributed by atoms with van der Waals surface area (Å²) >= 11 is 0. The van der Waals surface area contributed by atoms with Crippen molar-refractivity contribution in [1.29, 1.82) is 0 Å². The number of carbonyl (C=O) groups is 1. The first-order valence-electron chi connectivity index (χ1n) is 7.15. The van der Waals surface area contributed by atoms with Gasteiger partial charge in [0.1, 0.15) is 0 Å². The van der Waals surface area contributed by atoms with E-state index in [1.807, 2.05) is 0 Å². The van der Waals surface area contributed by atoms with Gasteiger partial charge in [0, 0.05) is 30.6 Å². The zero-order valence-electron chi connectivity index (χ0n) is 12.0. The second-order valence-corrected chi connectivity index (χ2v) is 6.01. The fraction of sp³-hybridized carbons (Fsp3) is 0.533. The standard InChI is InChI=1S/C15H17F3N2O.ClH/c16-11-6-10(7-12(17)13(11)18)14(21)20-5-3-15(9-20)2-1-4-19-8-15;/h6-7,19H,1-5,8-9H2;1H. The third-order valence-electron chi connectivity index (χ3n) is 4.52. The van der Waals surface area contributed by atoms with Crippen molar-refractivity contribution in [2.45, 2.75) is 19.3 Å². The van der Waals surface area contributed by atoms with Crippen molar-refractivity contribution >= 4 is 18.3 Å².